The maximum absolute atomic E-state index is 14.0. The van der Waals surface area contributed by atoms with Crippen molar-refractivity contribution in [2.24, 2.45) is 0 Å². The van der Waals surface area contributed by atoms with E-state index in [0.717, 1.165) is 6.07 Å². The molecule has 1 aliphatic carbocycles. The number of aliphatic carboxylic acids is 1. The largest absolute Gasteiger partial charge is 0.481 e. The second-order valence-electron chi connectivity index (χ2n) is 5.07. The van der Waals surface area contributed by atoms with E-state index < -0.39 is 23.0 Å². The Balaban J connectivity index is 2.17. The lowest BCUT2D eigenvalue weighted by atomic mass is 9.92. The normalized spacial score (nSPS) is 15.9. The standard InChI is InChI=1S/C16H12F2O2/c17-13-9-11(16(6-7-16)15(19)20)8-12(14(13)18)10-4-2-1-3-5-10/h1-5,8-9H,6-7H2,(H,19,20). The van der Waals surface area contributed by atoms with Gasteiger partial charge in [0.25, 0.3) is 0 Å². The van der Waals surface area contributed by atoms with E-state index in [1.807, 2.05) is 0 Å². The van der Waals surface area contributed by atoms with Gasteiger partial charge in [0.15, 0.2) is 11.6 Å². The molecule has 0 spiro atoms. The summed E-state index contributed by atoms with van der Waals surface area (Å²) in [7, 11) is 0. The molecule has 1 aliphatic rings. The molecule has 2 aromatic carbocycles. The number of halogens is 2. The molecule has 1 saturated carbocycles. The van der Waals surface area contributed by atoms with E-state index in [9.17, 15) is 18.7 Å². The first-order chi connectivity index (χ1) is 9.54. The molecular weight excluding hydrogens is 262 g/mol. The monoisotopic (exact) mass is 274 g/mol. The van der Waals surface area contributed by atoms with E-state index in [0.29, 0.717) is 24.0 Å². The van der Waals surface area contributed by atoms with Gasteiger partial charge in [-0.1, -0.05) is 30.3 Å². The fourth-order valence-electron chi connectivity index (χ4n) is 2.44. The molecule has 0 heterocycles. The summed E-state index contributed by atoms with van der Waals surface area (Å²) in [5, 5.41) is 9.26. The van der Waals surface area contributed by atoms with Crippen molar-refractivity contribution in [3.63, 3.8) is 0 Å². The summed E-state index contributed by atoms with van der Waals surface area (Å²) in [6.07, 6.45) is 0.920. The van der Waals surface area contributed by atoms with Crippen molar-refractivity contribution in [1.82, 2.24) is 0 Å². The molecule has 0 saturated heterocycles. The lowest BCUT2D eigenvalue weighted by Crippen LogP contribution is -2.20. The first-order valence-corrected chi connectivity index (χ1v) is 6.33. The summed E-state index contributed by atoms with van der Waals surface area (Å²) in [5.74, 6) is -2.93. The van der Waals surface area contributed by atoms with Crippen LogP contribution in [0.15, 0.2) is 42.5 Å². The zero-order valence-electron chi connectivity index (χ0n) is 10.6. The van der Waals surface area contributed by atoms with E-state index in [1.165, 1.54) is 6.07 Å². The highest BCUT2D eigenvalue weighted by Gasteiger charge is 2.52. The highest BCUT2D eigenvalue weighted by atomic mass is 19.2. The quantitative estimate of drug-likeness (QED) is 0.925. The van der Waals surface area contributed by atoms with Gasteiger partial charge >= 0.3 is 5.97 Å². The Kier molecular flexibility index (Phi) is 2.82. The Morgan fingerprint density at radius 2 is 1.75 bits per heavy atom. The van der Waals surface area contributed by atoms with Gasteiger partial charge in [-0.15, -0.1) is 0 Å². The molecule has 2 nitrogen and oxygen atoms in total. The van der Waals surface area contributed by atoms with Gasteiger partial charge in [-0.3, -0.25) is 4.79 Å². The summed E-state index contributed by atoms with van der Waals surface area (Å²) < 4.78 is 27.7. The number of hydrogen-bond donors (Lipinski definition) is 1. The van der Waals surface area contributed by atoms with E-state index in [2.05, 4.69) is 0 Å². The zero-order chi connectivity index (χ0) is 14.3. The van der Waals surface area contributed by atoms with Crippen LogP contribution in [-0.2, 0) is 10.2 Å². The third-order valence-corrected chi connectivity index (χ3v) is 3.82. The molecule has 0 radical (unpaired) electrons. The number of carbonyl (C=O) groups is 1. The van der Waals surface area contributed by atoms with Gasteiger partial charge in [0.05, 0.1) is 5.41 Å². The van der Waals surface area contributed by atoms with Crippen LogP contribution < -0.4 is 0 Å². The maximum atomic E-state index is 14.0. The van der Waals surface area contributed by atoms with Crippen molar-refractivity contribution in [1.29, 1.82) is 0 Å². The number of carboxylic acid groups (broad SMARTS) is 1. The summed E-state index contributed by atoms with van der Waals surface area (Å²) in [5.41, 5.74) is -0.0688. The van der Waals surface area contributed by atoms with E-state index >= 15 is 0 Å². The molecule has 0 aromatic heterocycles. The first-order valence-electron chi connectivity index (χ1n) is 6.33. The summed E-state index contributed by atoms with van der Waals surface area (Å²) in [4.78, 5) is 11.3. The molecule has 1 fully saturated rings. The molecule has 102 valence electrons. The fraction of sp³-hybridized carbons (Fsp3) is 0.188. The predicted molar refractivity (Wildman–Crippen MR) is 70.3 cm³/mol. The first kappa shape index (κ1) is 12.8. The minimum Gasteiger partial charge on any atom is -0.481 e. The topological polar surface area (TPSA) is 37.3 Å². The Morgan fingerprint density at radius 3 is 2.30 bits per heavy atom. The van der Waals surface area contributed by atoms with Crippen LogP contribution in [0.3, 0.4) is 0 Å². The number of hydrogen-bond acceptors (Lipinski definition) is 1. The van der Waals surface area contributed by atoms with Crippen LogP contribution in [0, 0.1) is 11.6 Å². The highest BCUT2D eigenvalue weighted by Crippen LogP contribution is 2.49. The summed E-state index contributed by atoms with van der Waals surface area (Å²) in [6.45, 7) is 0. The van der Waals surface area contributed by atoms with Crippen molar-refractivity contribution in [3.8, 4) is 11.1 Å². The van der Waals surface area contributed by atoms with E-state index in [-0.39, 0.29) is 5.56 Å². The second kappa shape index (κ2) is 4.40. The van der Waals surface area contributed by atoms with Gasteiger partial charge in [-0.05, 0) is 36.1 Å². The lowest BCUT2D eigenvalue weighted by Gasteiger charge is -2.13. The highest BCUT2D eigenvalue weighted by molar-refractivity contribution is 5.85. The van der Waals surface area contributed by atoms with Crippen LogP contribution in [0.5, 0.6) is 0 Å². The van der Waals surface area contributed by atoms with Crippen molar-refractivity contribution < 1.29 is 18.7 Å². The van der Waals surface area contributed by atoms with Crippen LogP contribution in [-0.4, -0.2) is 11.1 Å². The lowest BCUT2D eigenvalue weighted by molar-refractivity contribution is -0.140. The Morgan fingerprint density at radius 1 is 1.10 bits per heavy atom. The van der Waals surface area contributed by atoms with Crippen LogP contribution in [0.4, 0.5) is 8.78 Å². The van der Waals surface area contributed by atoms with Gasteiger partial charge < -0.3 is 5.11 Å². The minimum absolute atomic E-state index is 0.105. The van der Waals surface area contributed by atoms with E-state index in [4.69, 9.17) is 0 Å². The minimum atomic E-state index is -1.04. The molecule has 20 heavy (non-hydrogen) atoms. The fourth-order valence-corrected chi connectivity index (χ4v) is 2.44. The second-order valence-corrected chi connectivity index (χ2v) is 5.07. The SMILES string of the molecule is O=C(O)C1(c2cc(F)c(F)c(-c3ccccc3)c2)CC1. The van der Waals surface area contributed by atoms with Crippen molar-refractivity contribution in [3.05, 3.63) is 59.7 Å². The Labute approximate surface area is 114 Å². The van der Waals surface area contributed by atoms with Gasteiger partial charge in [-0.2, -0.15) is 0 Å². The van der Waals surface area contributed by atoms with Crippen molar-refractivity contribution >= 4 is 5.97 Å². The number of benzene rings is 2. The van der Waals surface area contributed by atoms with Crippen molar-refractivity contribution in [2.75, 3.05) is 0 Å². The van der Waals surface area contributed by atoms with Crippen LogP contribution in [0.25, 0.3) is 11.1 Å². The number of carboxylic acids is 1. The molecule has 0 aliphatic heterocycles. The zero-order valence-corrected chi connectivity index (χ0v) is 10.6. The van der Waals surface area contributed by atoms with Crippen molar-refractivity contribution in [2.45, 2.75) is 18.3 Å². The molecule has 0 amide bonds. The molecule has 0 atom stereocenters. The molecular formula is C16H12F2O2. The van der Waals surface area contributed by atoms with Gasteiger partial charge in [0.2, 0.25) is 0 Å². The average Bonchev–Trinajstić information content (AvgIpc) is 3.24. The van der Waals surface area contributed by atoms with Gasteiger partial charge in [-0.25, -0.2) is 8.78 Å². The third-order valence-electron chi connectivity index (χ3n) is 3.82. The Bertz CT molecular complexity index is 676. The summed E-state index contributed by atoms with van der Waals surface area (Å²) >= 11 is 0. The Hall–Kier alpha value is -2.23. The third kappa shape index (κ3) is 1.88. The molecule has 4 heteroatoms. The molecule has 0 bridgehead atoms. The van der Waals surface area contributed by atoms with E-state index in [1.54, 1.807) is 30.3 Å². The average molecular weight is 274 g/mol. The predicted octanol–water partition coefficient (Wildman–Crippen LogP) is 3.75. The molecule has 0 unspecified atom stereocenters. The molecule has 3 rings (SSSR count). The molecule has 2 aromatic rings. The van der Waals surface area contributed by atoms with Crippen LogP contribution in [0.1, 0.15) is 18.4 Å². The molecule has 1 N–H and O–H groups in total. The summed E-state index contributed by atoms with van der Waals surface area (Å²) in [6, 6.07) is 11.0. The van der Waals surface area contributed by atoms with Gasteiger partial charge in [0.1, 0.15) is 0 Å². The van der Waals surface area contributed by atoms with Crippen LogP contribution in [0.2, 0.25) is 0 Å². The van der Waals surface area contributed by atoms with Crippen LogP contribution >= 0.6 is 0 Å². The van der Waals surface area contributed by atoms with Gasteiger partial charge in [0, 0.05) is 5.56 Å². The number of rotatable bonds is 3. The smallest absolute Gasteiger partial charge is 0.314 e. The maximum Gasteiger partial charge on any atom is 0.314 e.